The Kier molecular flexibility index (Phi) is 4.47. The van der Waals surface area contributed by atoms with E-state index in [-0.39, 0.29) is 0 Å². The van der Waals surface area contributed by atoms with Crippen LogP contribution in [0.5, 0.6) is 0 Å². The standard InChI is InChI=1S/C15H20N4/c1-12(2)19(10-13-6-4-3-5-7-13)11-14-8-18-15(16)9-17-14/h3-9,12H,10-11H2,1-2H3,(H2,16,18). The van der Waals surface area contributed by atoms with Crippen molar-refractivity contribution in [2.75, 3.05) is 5.73 Å². The third-order valence-electron chi connectivity index (χ3n) is 3.05. The monoisotopic (exact) mass is 256 g/mol. The Hall–Kier alpha value is -1.94. The summed E-state index contributed by atoms with van der Waals surface area (Å²) in [7, 11) is 0. The van der Waals surface area contributed by atoms with Gasteiger partial charge in [-0.2, -0.15) is 0 Å². The van der Waals surface area contributed by atoms with Gasteiger partial charge in [-0.1, -0.05) is 30.3 Å². The van der Waals surface area contributed by atoms with Gasteiger partial charge >= 0.3 is 0 Å². The van der Waals surface area contributed by atoms with Gasteiger partial charge in [-0.15, -0.1) is 0 Å². The van der Waals surface area contributed by atoms with Crippen molar-refractivity contribution < 1.29 is 0 Å². The molecule has 0 saturated heterocycles. The van der Waals surface area contributed by atoms with Crippen LogP contribution in [0.15, 0.2) is 42.7 Å². The summed E-state index contributed by atoms with van der Waals surface area (Å²) in [4.78, 5) is 10.8. The fourth-order valence-electron chi connectivity index (χ4n) is 1.89. The lowest BCUT2D eigenvalue weighted by atomic mass is 10.2. The predicted molar refractivity (Wildman–Crippen MR) is 77.3 cm³/mol. The van der Waals surface area contributed by atoms with Crippen molar-refractivity contribution in [3.05, 3.63) is 54.0 Å². The molecular weight excluding hydrogens is 236 g/mol. The topological polar surface area (TPSA) is 55.0 Å². The molecule has 4 heteroatoms. The molecule has 0 aliphatic carbocycles. The van der Waals surface area contributed by atoms with E-state index in [1.54, 1.807) is 12.4 Å². The molecule has 0 spiro atoms. The van der Waals surface area contributed by atoms with Gasteiger partial charge in [0, 0.05) is 19.1 Å². The zero-order valence-electron chi connectivity index (χ0n) is 11.5. The van der Waals surface area contributed by atoms with E-state index in [9.17, 15) is 0 Å². The second kappa shape index (κ2) is 6.29. The van der Waals surface area contributed by atoms with Gasteiger partial charge in [0.2, 0.25) is 0 Å². The van der Waals surface area contributed by atoms with Crippen molar-refractivity contribution in [2.24, 2.45) is 0 Å². The van der Waals surface area contributed by atoms with Crippen LogP contribution in [0.2, 0.25) is 0 Å². The van der Waals surface area contributed by atoms with Crippen LogP contribution in [0, 0.1) is 0 Å². The molecule has 0 saturated carbocycles. The number of nitrogen functional groups attached to an aromatic ring is 1. The molecule has 100 valence electrons. The van der Waals surface area contributed by atoms with E-state index in [0.717, 1.165) is 18.8 Å². The number of nitrogens with zero attached hydrogens (tertiary/aromatic N) is 3. The minimum atomic E-state index is 0.444. The summed E-state index contributed by atoms with van der Waals surface area (Å²) < 4.78 is 0. The third-order valence-corrected chi connectivity index (χ3v) is 3.05. The number of nitrogens with two attached hydrogens (primary N) is 1. The highest BCUT2D eigenvalue weighted by atomic mass is 15.2. The van der Waals surface area contributed by atoms with Gasteiger partial charge in [-0.3, -0.25) is 9.88 Å². The van der Waals surface area contributed by atoms with Gasteiger partial charge in [0.05, 0.1) is 18.1 Å². The molecule has 2 rings (SSSR count). The van der Waals surface area contributed by atoms with E-state index in [2.05, 4.69) is 53.0 Å². The molecule has 0 bridgehead atoms. The Labute approximate surface area is 114 Å². The summed E-state index contributed by atoms with van der Waals surface area (Å²) >= 11 is 0. The quantitative estimate of drug-likeness (QED) is 0.893. The maximum atomic E-state index is 5.55. The Morgan fingerprint density at radius 1 is 1.05 bits per heavy atom. The van der Waals surface area contributed by atoms with Gasteiger partial charge < -0.3 is 5.73 Å². The molecule has 1 aromatic carbocycles. The van der Waals surface area contributed by atoms with Crippen LogP contribution in [0.3, 0.4) is 0 Å². The number of aromatic nitrogens is 2. The highest BCUT2D eigenvalue weighted by Gasteiger charge is 2.11. The molecule has 0 aliphatic rings. The van der Waals surface area contributed by atoms with Gasteiger partial charge in [-0.05, 0) is 19.4 Å². The Bertz CT molecular complexity index is 493. The molecule has 0 aliphatic heterocycles. The largest absolute Gasteiger partial charge is 0.382 e. The van der Waals surface area contributed by atoms with E-state index in [4.69, 9.17) is 5.73 Å². The Morgan fingerprint density at radius 2 is 1.79 bits per heavy atom. The smallest absolute Gasteiger partial charge is 0.141 e. The van der Waals surface area contributed by atoms with Gasteiger partial charge in [-0.25, -0.2) is 4.98 Å². The molecule has 1 aromatic heterocycles. The van der Waals surface area contributed by atoms with Crippen LogP contribution in [0.4, 0.5) is 5.82 Å². The van der Waals surface area contributed by atoms with E-state index in [0.29, 0.717) is 11.9 Å². The maximum absolute atomic E-state index is 5.55. The average Bonchev–Trinajstić information content (AvgIpc) is 2.41. The lowest BCUT2D eigenvalue weighted by Gasteiger charge is -2.26. The molecule has 0 fully saturated rings. The summed E-state index contributed by atoms with van der Waals surface area (Å²) in [6.45, 7) is 6.06. The van der Waals surface area contributed by atoms with Crippen molar-refractivity contribution >= 4 is 5.82 Å². The molecule has 0 atom stereocenters. The lowest BCUT2D eigenvalue weighted by Crippen LogP contribution is -2.30. The number of hydrogen-bond donors (Lipinski definition) is 1. The van der Waals surface area contributed by atoms with E-state index in [1.807, 2.05) is 6.07 Å². The summed E-state index contributed by atoms with van der Waals surface area (Å²) in [5, 5.41) is 0. The van der Waals surface area contributed by atoms with Crippen LogP contribution in [-0.4, -0.2) is 20.9 Å². The van der Waals surface area contributed by atoms with Crippen LogP contribution >= 0.6 is 0 Å². The van der Waals surface area contributed by atoms with Gasteiger partial charge in [0.25, 0.3) is 0 Å². The highest BCUT2D eigenvalue weighted by molar-refractivity contribution is 5.22. The minimum Gasteiger partial charge on any atom is -0.382 e. The molecule has 0 amide bonds. The molecule has 19 heavy (non-hydrogen) atoms. The third kappa shape index (κ3) is 4.03. The van der Waals surface area contributed by atoms with Crippen LogP contribution in [0.1, 0.15) is 25.1 Å². The van der Waals surface area contributed by atoms with Crippen molar-refractivity contribution in [1.29, 1.82) is 0 Å². The maximum Gasteiger partial charge on any atom is 0.141 e. The first kappa shape index (κ1) is 13.5. The first-order chi connectivity index (χ1) is 9.15. The first-order valence-electron chi connectivity index (χ1n) is 6.49. The Balaban J connectivity index is 2.06. The zero-order valence-corrected chi connectivity index (χ0v) is 11.5. The van der Waals surface area contributed by atoms with Crippen molar-refractivity contribution in [3.8, 4) is 0 Å². The fourth-order valence-corrected chi connectivity index (χ4v) is 1.89. The first-order valence-corrected chi connectivity index (χ1v) is 6.49. The second-order valence-electron chi connectivity index (χ2n) is 4.92. The highest BCUT2D eigenvalue weighted by Crippen LogP contribution is 2.11. The molecule has 1 heterocycles. The van der Waals surface area contributed by atoms with E-state index < -0.39 is 0 Å². The van der Waals surface area contributed by atoms with E-state index >= 15 is 0 Å². The minimum absolute atomic E-state index is 0.444. The van der Waals surface area contributed by atoms with Crippen LogP contribution in [-0.2, 0) is 13.1 Å². The Morgan fingerprint density at radius 3 is 2.37 bits per heavy atom. The summed E-state index contributed by atoms with van der Waals surface area (Å²) in [5.74, 6) is 0.461. The van der Waals surface area contributed by atoms with Crippen molar-refractivity contribution in [3.63, 3.8) is 0 Å². The molecule has 2 aromatic rings. The summed E-state index contributed by atoms with van der Waals surface area (Å²) in [5.41, 5.74) is 7.80. The van der Waals surface area contributed by atoms with Crippen molar-refractivity contribution in [1.82, 2.24) is 14.9 Å². The average molecular weight is 256 g/mol. The van der Waals surface area contributed by atoms with Crippen molar-refractivity contribution in [2.45, 2.75) is 33.0 Å². The molecule has 0 unspecified atom stereocenters. The summed E-state index contributed by atoms with van der Waals surface area (Å²) in [6, 6.07) is 10.9. The molecule has 4 nitrogen and oxygen atoms in total. The molecule has 0 radical (unpaired) electrons. The van der Waals surface area contributed by atoms with Crippen LogP contribution < -0.4 is 5.73 Å². The molecule has 2 N–H and O–H groups in total. The number of hydrogen-bond acceptors (Lipinski definition) is 4. The van der Waals surface area contributed by atoms with E-state index in [1.165, 1.54) is 5.56 Å². The summed E-state index contributed by atoms with van der Waals surface area (Å²) in [6.07, 6.45) is 3.35. The fraction of sp³-hybridized carbons (Fsp3) is 0.333. The lowest BCUT2D eigenvalue weighted by molar-refractivity contribution is 0.201. The second-order valence-corrected chi connectivity index (χ2v) is 4.92. The number of benzene rings is 1. The number of rotatable bonds is 5. The molecular formula is C15H20N4. The van der Waals surface area contributed by atoms with Crippen LogP contribution in [0.25, 0.3) is 0 Å². The number of anilines is 1. The zero-order chi connectivity index (χ0) is 13.7. The normalized spacial score (nSPS) is 11.2. The SMILES string of the molecule is CC(C)N(Cc1ccccc1)Cc1cnc(N)cn1. The van der Waals surface area contributed by atoms with Gasteiger partial charge in [0.15, 0.2) is 0 Å². The van der Waals surface area contributed by atoms with Gasteiger partial charge in [0.1, 0.15) is 5.82 Å². The predicted octanol–water partition coefficient (Wildman–Crippen LogP) is 2.47.